The van der Waals surface area contributed by atoms with Gasteiger partial charge in [0.25, 0.3) is 5.91 Å². The summed E-state index contributed by atoms with van der Waals surface area (Å²) in [5, 5.41) is 19.3. The van der Waals surface area contributed by atoms with Crippen molar-refractivity contribution in [3.63, 3.8) is 0 Å². The van der Waals surface area contributed by atoms with Crippen LogP contribution in [0.4, 0.5) is 35.0 Å². The Bertz CT molecular complexity index is 3120. The van der Waals surface area contributed by atoms with Gasteiger partial charge in [0.05, 0.1) is 42.4 Å². The zero-order valence-electron chi connectivity index (χ0n) is 38.7. The largest absolute Gasteiger partial charge is 0.457 e. The van der Waals surface area contributed by atoms with Gasteiger partial charge in [-0.25, -0.2) is 9.78 Å². The fraction of sp³-hybridized carbons (Fsp3) is 0.288. The second-order valence-electron chi connectivity index (χ2n) is 16.6. The molecular weight excluding hydrogens is 937 g/mol. The summed E-state index contributed by atoms with van der Waals surface area (Å²) in [4.78, 5) is 43.2. The van der Waals surface area contributed by atoms with E-state index in [9.17, 15) is 22.8 Å². The SMILES string of the molecule is CCN(CC)c1ccc2nc3c4ccccc4c(=NCCCCCCn4cc(CCCCNC(=O)c5cc(Oc6ccc(NC(=O)Nc7ccc(Cl)c(C(F)(F)F)c7)cc6)ccn5)nn4)cc-3sc2c1. The summed E-state index contributed by atoms with van der Waals surface area (Å²) in [6.45, 7) is 8.31. The van der Waals surface area contributed by atoms with Gasteiger partial charge in [0.1, 0.15) is 17.2 Å². The van der Waals surface area contributed by atoms with Crippen molar-refractivity contribution >= 4 is 72.9 Å². The predicted molar refractivity (Wildman–Crippen MR) is 271 cm³/mol. The van der Waals surface area contributed by atoms with Crippen molar-refractivity contribution in [3.05, 3.63) is 143 Å². The van der Waals surface area contributed by atoms with E-state index in [-0.39, 0.29) is 17.3 Å². The highest BCUT2D eigenvalue weighted by atomic mass is 35.5. The highest BCUT2D eigenvalue weighted by Crippen LogP contribution is 2.37. The molecule has 362 valence electrons. The number of aromatic nitrogens is 5. The molecule has 0 radical (unpaired) electrons. The zero-order valence-corrected chi connectivity index (χ0v) is 40.3. The molecule has 2 aromatic heterocycles. The summed E-state index contributed by atoms with van der Waals surface area (Å²) in [6, 6.07) is 29.0. The first-order chi connectivity index (χ1) is 33.9. The summed E-state index contributed by atoms with van der Waals surface area (Å²) < 4.78 is 48.5. The van der Waals surface area contributed by atoms with Crippen LogP contribution in [0.2, 0.25) is 5.02 Å². The number of aryl methyl sites for hydroxylation is 2. The topological polar surface area (TPSA) is 152 Å². The minimum atomic E-state index is -4.67. The van der Waals surface area contributed by atoms with Crippen LogP contribution in [0.25, 0.3) is 31.6 Å². The van der Waals surface area contributed by atoms with Crippen LogP contribution >= 0.6 is 22.9 Å². The van der Waals surface area contributed by atoms with Gasteiger partial charge >= 0.3 is 12.2 Å². The molecule has 3 heterocycles. The van der Waals surface area contributed by atoms with Gasteiger partial charge in [0.15, 0.2) is 0 Å². The van der Waals surface area contributed by atoms with Crippen molar-refractivity contribution in [2.45, 2.75) is 71.5 Å². The van der Waals surface area contributed by atoms with Crippen molar-refractivity contribution in [3.8, 4) is 22.1 Å². The van der Waals surface area contributed by atoms with Crippen molar-refractivity contribution in [1.29, 1.82) is 0 Å². The van der Waals surface area contributed by atoms with Crippen molar-refractivity contribution < 1.29 is 27.5 Å². The molecular formula is C52H52ClF3N10O3S. The zero-order chi connectivity index (χ0) is 49.0. The average Bonchev–Trinajstić information content (AvgIpc) is 3.81. The molecule has 2 aliphatic rings. The Morgan fingerprint density at radius 2 is 1.60 bits per heavy atom. The van der Waals surface area contributed by atoms with Crippen molar-refractivity contribution in [2.24, 2.45) is 4.99 Å². The van der Waals surface area contributed by atoms with Crippen molar-refractivity contribution in [1.82, 2.24) is 30.3 Å². The molecule has 70 heavy (non-hydrogen) atoms. The van der Waals surface area contributed by atoms with E-state index in [1.165, 1.54) is 28.7 Å². The van der Waals surface area contributed by atoms with E-state index in [1.54, 1.807) is 41.7 Å². The molecule has 8 rings (SSSR count). The molecule has 0 spiro atoms. The Morgan fingerprint density at radius 1 is 0.829 bits per heavy atom. The first kappa shape index (κ1) is 49.3. The molecule has 18 heteroatoms. The number of ether oxygens (including phenoxy) is 1. The fourth-order valence-corrected chi connectivity index (χ4v) is 9.30. The quantitative estimate of drug-likeness (QED) is 0.0388. The molecule has 0 atom stereocenters. The smallest absolute Gasteiger partial charge is 0.417 e. The molecule has 1 aliphatic heterocycles. The van der Waals surface area contributed by atoms with Crippen LogP contribution in [0.3, 0.4) is 0 Å². The number of carbonyl (C=O) groups excluding carboxylic acids is 2. The first-order valence-corrected chi connectivity index (χ1v) is 24.5. The molecule has 0 saturated carbocycles. The second kappa shape index (κ2) is 23.0. The third-order valence-electron chi connectivity index (χ3n) is 11.6. The molecule has 3 amide bonds. The van der Waals surface area contributed by atoms with Gasteiger partial charge in [-0.05, 0) is 119 Å². The molecule has 3 N–H and O–H groups in total. The van der Waals surface area contributed by atoms with Gasteiger partial charge < -0.3 is 25.6 Å². The summed E-state index contributed by atoms with van der Waals surface area (Å²) in [5.74, 6) is 0.458. The van der Waals surface area contributed by atoms with E-state index in [2.05, 4.69) is 98.5 Å². The second-order valence-corrected chi connectivity index (χ2v) is 18.1. The number of hydrogen-bond acceptors (Lipinski definition) is 10. The molecule has 4 aromatic carbocycles. The van der Waals surface area contributed by atoms with Crippen molar-refractivity contribution in [2.75, 3.05) is 41.7 Å². The number of alkyl halides is 3. The van der Waals surface area contributed by atoms with Gasteiger partial charge in [0, 0.05) is 79.0 Å². The molecule has 6 aromatic rings. The van der Waals surface area contributed by atoms with Gasteiger partial charge in [-0.1, -0.05) is 53.9 Å². The summed E-state index contributed by atoms with van der Waals surface area (Å²) in [5.41, 5.74) is 3.61. The Morgan fingerprint density at radius 3 is 2.40 bits per heavy atom. The lowest BCUT2D eigenvalue weighted by molar-refractivity contribution is -0.137. The van der Waals surface area contributed by atoms with E-state index >= 15 is 0 Å². The molecule has 0 bridgehead atoms. The Balaban J connectivity index is 0.726. The number of pyridine rings is 1. The number of urea groups is 1. The van der Waals surface area contributed by atoms with Gasteiger partial charge in [-0.2, -0.15) is 13.2 Å². The van der Waals surface area contributed by atoms with Crippen LogP contribution < -0.4 is 30.9 Å². The third-order valence-corrected chi connectivity index (χ3v) is 13.0. The maximum Gasteiger partial charge on any atom is 0.417 e. The highest BCUT2D eigenvalue weighted by molar-refractivity contribution is 7.21. The first-order valence-electron chi connectivity index (χ1n) is 23.3. The minimum Gasteiger partial charge on any atom is -0.457 e. The standard InChI is InChI=1S/C52H52ClF3N10O3S/c1-3-65(4-2)37-19-23-44-47(30-37)70-48-32-45(40-14-7-8-15-41(40)49(48)62-44)57-25-10-5-6-12-28-66-33-36(63-64-66)13-9-11-26-59-50(67)46-31-39(24-27-58-46)69-38-20-16-34(17-21-38)60-51(68)61-35-18-22-43(53)42(29-35)52(54,55)56/h7-8,14-24,27,29-33H,3-6,9-13,25-26,28H2,1-2H3,(H,59,67)(H2,60,61,68). The third kappa shape index (κ3) is 12.7. The number of anilines is 3. The number of carbonyl (C=O) groups is 2. The van der Waals surface area contributed by atoms with E-state index in [0.29, 0.717) is 23.7 Å². The predicted octanol–water partition coefficient (Wildman–Crippen LogP) is 12.4. The number of amides is 3. The molecule has 0 unspecified atom stereocenters. The Labute approximate surface area is 412 Å². The fourth-order valence-electron chi connectivity index (χ4n) is 8.02. The van der Waals surface area contributed by atoms with Crippen LogP contribution in [0.1, 0.15) is 74.1 Å². The molecule has 1 aliphatic carbocycles. The maximum absolute atomic E-state index is 13.2. The monoisotopic (exact) mass is 988 g/mol. The number of unbranched alkanes of at least 4 members (excludes halogenated alkanes) is 4. The maximum atomic E-state index is 13.2. The molecule has 13 nitrogen and oxygen atoms in total. The van der Waals surface area contributed by atoms with Gasteiger partial charge in [-0.15, -0.1) is 16.4 Å². The summed E-state index contributed by atoms with van der Waals surface area (Å²) >= 11 is 7.44. The lowest BCUT2D eigenvalue weighted by atomic mass is 10.1. The van der Waals surface area contributed by atoms with E-state index in [0.717, 1.165) is 121 Å². The average molecular weight is 990 g/mol. The number of halogens is 4. The Kier molecular flexibility index (Phi) is 16.2. The van der Waals surface area contributed by atoms with Crippen LogP contribution in [-0.4, -0.2) is 63.1 Å². The summed E-state index contributed by atoms with van der Waals surface area (Å²) in [7, 11) is 0. The number of rotatable bonds is 20. The van der Waals surface area contributed by atoms with Crippen LogP contribution in [0.5, 0.6) is 11.5 Å². The number of nitrogens with zero attached hydrogens (tertiary/aromatic N) is 7. The Hall–Kier alpha value is -7.11. The van der Waals surface area contributed by atoms with Gasteiger partial charge in [-0.3, -0.25) is 19.5 Å². The van der Waals surface area contributed by atoms with Crippen LogP contribution in [0, 0.1) is 0 Å². The highest BCUT2D eigenvalue weighted by Gasteiger charge is 2.33. The van der Waals surface area contributed by atoms with E-state index in [1.807, 2.05) is 10.9 Å². The normalized spacial score (nSPS) is 11.9. The molecule has 0 saturated heterocycles. The summed E-state index contributed by atoms with van der Waals surface area (Å²) in [6.07, 6.45) is 5.27. The van der Waals surface area contributed by atoms with E-state index in [4.69, 9.17) is 26.3 Å². The lowest BCUT2D eigenvalue weighted by Gasteiger charge is -2.21. The number of nitrogens with one attached hydrogen (secondary N) is 3. The van der Waals surface area contributed by atoms with E-state index < -0.39 is 22.8 Å². The van der Waals surface area contributed by atoms with Crippen LogP contribution in [0.15, 0.2) is 121 Å². The lowest BCUT2D eigenvalue weighted by Crippen LogP contribution is -2.25. The number of benzene rings is 5. The minimum absolute atomic E-state index is 0.0743. The molecule has 0 fully saturated rings. The number of hydrogen-bond donors (Lipinski definition) is 3. The van der Waals surface area contributed by atoms with Crippen LogP contribution in [-0.2, 0) is 19.1 Å². The number of fused-ring (bicyclic) bond motifs is 4. The van der Waals surface area contributed by atoms with Gasteiger partial charge in [0.2, 0.25) is 0 Å².